The maximum atomic E-state index is 13.6. The van der Waals surface area contributed by atoms with Gasteiger partial charge in [0.1, 0.15) is 0 Å². The van der Waals surface area contributed by atoms with Crippen molar-refractivity contribution >= 4 is 17.4 Å². The molecule has 1 aromatic rings. The Morgan fingerprint density at radius 1 is 1.50 bits per heavy atom. The number of hydrogen-bond donors (Lipinski definition) is 1. The first-order valence-electron chi connectivity index (χ1n) is 5.36. The summed E-state index contributed by atoms with van der Waals surface area (Å²) in [5.74, 6) is -0.191. The molecule has 0 unspecified atom stereocenters. The first-order valence-corrected chi connectivity index (χ1v) is 5.73. The molecular formula is C11H16ClFN2O. The lowest BCUT2D eigenvalue weighted by Gasteiger charge is -2.22. The van der Waals surface area contributed by atoms with Crippen LogP contribution in [-0.2, 0) is 0 Å². The van der Waals surface area contributed by atoms with Gasteiger partial charge in [-0.3, -0.25) is 0 Å². The van der Waals surface area contributed by atoms with E-state index >= 15 is 0 Å². The van der Waals surface area contributed by atoms with Crippen molar-refractivity contribution in [2.24, 2.45) is 0 Å². The summed E-state index contributed by atoms with van der Waals surface area (Å²) in [4.78, 5) is 5.69. The van der Waals surface area contributed by atoms with E-state index in [9.17, 15) is 4.39 Å². The van der Waals surface area contributed by atoms with Crippen molar-refractivity contribution in [3.63, 3.8) is 0 Å². The molecule has 90 valence electrons. The molecule has 0 spiro atoms. The first-order chi connectivity index (χ1) is 7.69. The Bertz CT molecular complexity index is 336. The first kappa shape index (κ1) is 13.2. The van der Waals surface area contributed by atoms with Gasteiger partial charge in [-0.2, -0.15) is 0 Å². The maximum absolute atomic E-state index is 13.6. The van der Waals surface area contributed by atoms with Crippen molar-refractivity contribution in [2.75, 3.05) is 24.6 Å². The zero-order valence-electron chi connectivity index (χ0n) is 9.29. The molecule has 1 aromatic heterocycles. The highest BCUT2D eigenvalue weighted by Gasteiger charge is 2.12. The number of halogens is 2. The summed E-state index contributed by atoms with van der Waals surface area (Å²) in [6.45, 7) is 3.10. The molecule has 0 atom stereocenters. The highest BCUT2D eigenvalue weighted by Crippen LogP contribution is 2.19. The summed E-state index contributed by atoms with van der Waals surface area (Å²) in [5, 5.41) is 9.20. The molecule has 0 radical (unpaired) electrons. The van der Waals surface area contributed by atoms with E-state index in [-0.39, 0.29) is 17.4 Å². The molecule has 16 heavy (non-hydrogen) atoms. The number of rotatable bonds is 6. The Morgan fingerprint density at radius 3 is 2.81 bits per heavy atom. The molecule has 3 nitrogen and oxygen atoms in total. The van der Waals surface area contributed by atoms with Crippen LogP contribution in [0, 0.1) is 5.82 Å². The van der Waals surface area contributed by atoms with Gasteiger partial charge >= 0.3 is 0 Å². The summed E-state index contributed by atoms with van der Waals surface area (Å²) in [5.41, 5.74) is 0. The number of aliphatic hydroxyl groups excluding tert-OH is 1. The van der Waals surface area contributed by atoms with E-state index in [4.69, 9.17) is 16.7 Å². The highest BCUT2D eigenvalue weighted by molar-refractivity contribution is 6.30. The largest absolute Gasteiger partial charge is 0.395 e. The second-order valence-electron chi connectivity index (χ2n) is 3.52. The fourth-order valence-electron chi connectivity index (χ4n) is 1.43. The maximum Gasteiger partial charge on any atom is 0.167 e. The van der Waals surface area contributed by atoms with Gasteiger partial charge in [-0.05, 0) is 12.5 Å². The van der Waals surface area contributed by atoms with Gasteiger partial charge in [-0.15, -0.1) is 0 Å². The monoisotopic (exact) mass is 246 g/mol. The SMILES string of the molecule is CCCCN(CCO)c1ncc(Cl)cc1F. The predicted octanol–water partition coefficient (Wildman–Crippen LogP) is 2.47. The minimum Gasteiger partial charge on any atom is -0.395 e. The minimum absolute atomic E-state index is 0.0204. The number of pyridine rings is 1. The van der Waals surface area contributed by atoms with Crippen LogP contribution in [0.1, 0.15) is 19.8 Å². The van der Waals surface area contributed by atoms with Gasteiger partial charge in [0.05, 0.1) is 11.6 Å². The standard InChI is InChI=1S/C11H16ClFN2O/c1-2-3-4-15(5-6-16)11-10(13)7-9(12)8-14-11/h7-8,16H,2-6H2,1H3. The Morgan fingerprint density at radius 2 is 2.25 bits per heavy atom. The van der Waals surface area contributed by atoms with E-state index in [1.807, 2.05) is 0 Å². The number of nitrogens with zero attached hydrogens (tertiary/aromatic N) is 2. The number of anilines is 1. The molecule has 0 aromatic carbocycles. The zero-order chi connectivity index (χ0) is 12.0. The third-order valence-electron chi connectivity index (χ3n) is 2.24. The Hall–Kier alpha value is -0.870. The van der Waals surface area contributed by atoms with Crippen LogP contribution in [0.3, 0.4) is 0 Å². The van der Waals surface area contributed by atoms with E-state index in [1.54, 1.807) is 4.90 Å². The van der Waals surface area contributed by atoms with E-state index in [2.05, 4.69) is 11.9 Å². The quantitative estimate of drug-likeness (QED) is 0.838. The summed E-state index contributed by atoms with van der Waals surface area (Å²) >= 11 is 5.63. The van der Waals surface area contributed by atoms with Gasteiger partial charge in [-0.1, -0.05) is 24.9 Å². The van der Waals surface area contributed by atoms with Crippen molar-refractivity contribution in [3.05, 3.63) is 23.1 Å². The number of aromatic nitrogens is 1. The molecule has 0 aliphatic heterocycles. The molecule has 0 aliphatic carbocycles. The van der Waals surface area contributed by atoms with Crippen molar-refractivity contribution < 1.29 is 9.50 Å². The van der Waals surface area contributed by atoms with E-state index < -0.39 is 5.82 Å². The number of aliphatic hydroxyl groups is 1. The van der Waals surface area contributed by atoms with Gasteiger partial charge in [0.15, 0.2) is 11.6 Å². The zero-order valence-corrected chi connectivity index (χ0v) is 10.0. The molecule has 5 heteroatoms. The van der Waals surface area contributed by atoms with Crippen LogP contribution < -0.4 is 4.90 Å². The average molecular weight is 247 g/mol. The summed E-state index contributed by atoms with van der Waals surface area (Å²) < 4.78 is 13.6. The third kappa shape index (κ3) is 3.61. The fourth-order valence-corrected chi connectivity index (χ4v) is 1.58. The van der Waals surface area contributed by atoms with Crippen molar-refractivity contribution in [2.45, 2.75) is 19.8 Å². The Kier molecular flexibility index (Phi) is 5.49. The smallest absolute Gasteiger partial charge is 0.167 e. The summed E-state index contributed by atoms with van der Waals surface area (Å²) in [6, 6.07) is 1.24. The van der Waals surface area contributed by atoms with Crippen LogP contribution in [0.5, 0.6) is 0 Å². The average Bonchev–Trinajstić information content (AvgIpc) is 2.25. The van der Waals surface area contributed by atoms with Crippen molar-refractivity contribution in [1.29, 1.82) is 0 Å². The molecule has 1 heterocycles. The second-order valence-corrected chi connectivity index (χ2v) is 3.96. The van der Waals surface area contributed by atoms with Crippen LogP contribution in [0.4, 0.5) is 10.2 Å². The van der Waals surface area contributed by atoms with E-state index in [1.165, 1.54) is 12.3 Å². The minimum atomic E-state index is -0.447. The van der Waals surface area contributed by atoms with Gasteiger partial charge in [0, 0.05) is 19.3 Å². The Balaban J connectivity index is 2.82. The van der Waals surface area contributed by atoms with Gasteiger partial charge in [-0.25, -0.2) is 9.37 Å². The van der Waals surface area contributed by atoms with Crippen LogP contribution in [0.25, 0.3) is 0 Å². The van der Waals surface area contributed by atoms with E-state index in [0.717, 1.165) is 12.8 Å². The molecule has 0 saturated heterocycles. The van der Waals surface area contributed by atoms with Crippen LogP contribution in [-0.4, -0.2) is 29.8 Å². The lowest BCUT2D eigenvalue weighted by Crippen LogP contribution is -2.29. The van der Waals surface area contributed by atoms with Crippen LogP contribution >= 0.6 is 11.6 Å². The highest BCUT2D eigenvalue weighted by atomic mass is 35.5. The molecule has 0 amide bonds. The third-order valence-corrected chi connectivity index (χ3v) is 2.45. The number of hydrogen-bond acceptors (Lipinski definition) is 3. The predicted molar refractivity (Wildman–Crippen MR) is 63.4 cm³/mol. The topological polar surface area (TPSA) is 36.4 Å². The molecule has 0 bridgehead atoms. The fraction of sp³-hybridized carbons (Fsp3) is 0.545. The number of unbranched alkanes of at least 4 members (excludes halogenated alkanes) is 1. The molecular weight excluding hydrogens is 231 g/mol. The van der Waals surface area contributed by atoms with Crippen molar-refractivity contribution in [3.8, 4) is 0 Å². The lowest BCUT2D eigenvalue weighted by molar-refractivity contribution is 0.301. The summed E-state index contributed by atoms with van der Waals surface area (Å²) in [7, 11) is 0. The normalized spacial score (nSPS) is 10.5. The Labute approximate surface area is 99.9 Å². The molecule has 0 saturated carbocycles. The van der Waals surface area contributed by atoms with Gasteiger partial charge in [0.2, 0.25) is 0 Å². The summed E-state index contributed by atoms with van der Waals surface area (Å²) in [6.07, 6.45) is 3.36. The van der Waals surface area contributed by atoms with Crippen LogP contribution in [0.2, 0.25) is 5.02 Å². The lowest BCUT2D eigenvalue weighted by atomic mass is 10.3. The molecule has 0 aliphatic rings. The molecule has 0 fully saturated rings. The van der Waals surface area contributed by atoms with E-state index in [0.29, 0.717) is 13.1 Å². The van der Waals surface area contributed by atoms with Gasteiger partial charge < -0.3 is 10.0 Å². The van der Waals surface area contributed by atoms with Gasteiger partial charge in [0.25, 0.3) is 0 Å². The second kappa shape index (κ2) is 6.66. The molecule has 1 N–H and O–H groups in total. The van der Waals surface area contributed by atoms with Crippen molar-refractivity contribution in [1.82, 2.24) is 4.98 Å². The molecule has 1 rings (SSSR count). The van der Waals surface area contributed by atoms with Crippen LogP contribution in [0.15, 0.2) is 12.3 Å².